The van der Waals surface area contributed by atoms with Gasteiger partial charge in [0.05, 0.1) is 0 Å². The topological polar surface area (TPSA) is 119 Å². The van der Waals surface area contributed by atoms with Gasteiger partial charge in [-0.1, -0.05) is 0 Å². The zero-order valence-electron chi connectivity index (χ0n) is 18.7. The number of H-pyrrole nitrogens is 1. The van der Waals surface area contributed by atoms with Gasteiger partial charge in [0.25, 0.3) is 0 Å². The number of hydrogen-bond acceptors (Lipinski definition) is 8. The van der Waals surface area contributed by atoms with E-state index in [9.17, 15) is 9.59 Å². The first-order valence-corrected chi connectivity index (χ1v) is 14.0. The van der Waals surface area contributed by atoms with E-state index in [-0.39, 0.29) is 43.2 Å². The van der Waals surface area contributed by atoms with Crippen molar-refractivity contribution in [2.24, 2.45) is 5.92 Å². The molecule has 10 nitrogen and oxygen atoms in total. The van der Waals surface area contributed by atoms with Crippen LogP contribution in [-0.2, 0) is 18.9 Å². The van der Waals surface area contributed by atoms with Gasteiger partial charge in [0, 0.05) is 0 Å². The van der Waals surface area contributed by atoms with Gasteiger partial charge in [-0.15, -0.1) is 0 Å². The van der Waals surface area contributed by atoms with Crippen molar-refractivity contribution in [3.8, 4) is 6.07 Å². The van der Waals surface area contributed by atoms with Crippen LogP contribution in [-0.4, -0.2) is 51.7 Å². The summed E-state index contributed by atoms with van der Waals surface area (Å²) in [5.41, 5.74) is -0.986. The van der Waals surface area contributed by atoms with Crippen molar-refractivity contribution >= 4 is 8.53 Å². The van der Waals surface area contributed by atoms with Crippen molar-refractivity contribution < 1.29 is 18.9 Å². The Morgan fingerprint density at radius 3 is 2.58 bits per heavy atom. The fourth-order valence-corrected chi connectivity index (χ4v) is 6.53. The normalized spacial score (nSPS) is 24.8. The predicted molar refractivity (Wildman–Crippen MR) is 110 cm³/mol. The van der Waals surface area contributed by atoms with E-state index >= 15 is 0 Å². The molecule has 0 amide bonds. The van der Waals surface area contributed by atoms with E-state index in [4.69, 9.17) is 24.2 Å². The molecule has 1 aliphatic rings. The third-order valence-corrected chi connectivity index (χ3v) is 8.12. The van der Waals surface area contributed by atoms with Crippen molar-refractivity contribution in [3.05, 3.63) is 33.1 Å². The molecule has 1 aliphatic heterocycles. The SMILES string of the molecule is CC(C)N(C(C)C)P(OCCC#N)OC1[C@@H](C[O][Rf])O[C@@H](n2ccc(=O)[nH]c2=O)[C@H]1C. The molecule has 2 rings (SSSR count). The molecule has 0 aliphatic carbocycles. The van der Waals surface area contributed by atoms with Gasteiger partial charge >= 0.3 is 177 Å². The van der Waals surface area contributed by atoms with Crippen LogP contribution < -0.4 is 11.2 Å². The number of nitrogens with zero attached hydrogens (tertiary/aromatic N) is 3. The number of aromatic amines is 1. The minimum atomic E-state index is -1.47. The maximum absolute atomic E-state index is 12.3. The number of hydrogen-bond donors (Lipinski definition) is 1. The number of aromatic nitrogens is 2. The van der Waals surface area contributed by atoms with Crippen LogP contribution in [0.5, 0.6) is 0 Å². The van der Waals surface area contributed by atoms with Gasteiger partial charge in [-0.05, 0) is 0 Å². The summed E-state index contributed by atoms with van der Waals surface area (Å²) in [6.07, 6.45) is 0.337. The summed E-state index contributed by atoms with van der Waals surface area (Å²) >= 11 is 0. The van der Waals surface area contributed by atoms with Crippen LogP contribution in [0.3, 0.4) is 0 Å². The Kier molecular flexibility index (Phi) is 8.87. The number of nitrogens with one attached hydrogen (secondary N) is 1. The molecule has 0 spiro atoms. The Hall–Kier alpha value is -2.60. The van der Waals surface area contributed by atoms with Crippen molar-refractivity contribution in [2.45, 2.75) is 71.6 Å². The number of ether oxygens (including phenoxy) is 1. The van der Waals surface area contributed by atoms with Crippen molar-refractivity contribution in [2.75, 3.05) is 13.2 Å². The zero-order chi connectivity index (χ0) is 23.1. The first-order chi connectivity index (χ1) is 14.7. The first kappa shape index (κ1) is 24.7. The molecule has 0 aromatic carbocycles. The molecule has 2 heterocycles. The van der Waals surface area contributed by atoms with Gasteiger partial charge < -0.3 is 0 Å². The monoisotopic (exact) mass is 708 g/mol. The van der Waals surface area contributed by atoms with E-state index in [2.05, 4.69) is 43.4 Å². The van der Waals surface area contributed by atoms with Crippen LogP contribution in [0.15, 0.2) is 21.9 Å². The zero-order valence-corrected chi connectivity index (χ0v) is 26.0. The molecule has 1 saturated heterocycles. The van der Waals surface area contributed by atoms with Gasteiger partial charge in [-0.3, -0.25) is 0 Å². The molecule has 1 aromatic rings. The molecule has 1 fully saturated rings. The minimum absolute atomic E-state index is 0.0116. The number of rotatable bonds is 11. The Balaban J connectivity index is 2.32. The molecule has 5 atom stereocenters. The van der Waals surface area contributed by atoms with Gasteiger partial charge in [0.1, 0.15) is 0 Å². The van der Waals surface area contributed by atoms with E-state index in [0.29, 0.717) is 6.61 Å². The van der Waals surface area contributed by atoms with E-state index in [0.717, 1.165) is 0 Å². The summed E-state index contributed by atoms with van der Waals surface area (Å²) in [7, 11) is -1.47. The summed E-state index contributed by atoms with van der Waals surface area (Å²) in [4.78, 5) is 26.1. The first-order valence-electron chi connectivity index (χ1n) is 10.3. The van der Waals surface area contributed by atoms with Crippen LogP contribution in [0.25, 0.3) is 0 Å². The Bertz CT molecular complexity index is 849. The third-order valence-electron chi connectivity index (χ3n) is 4.93. The second kappa shape index (κ2) is 11.1. The van der Waals surface area contributed by atoms with Gasteiger partial charge in [0.2, 0.25) is 0 Å². The Morgan fingerprint density at radius 2 is 2.03 bits per heavy atom. The quantitative estimate of drug-likeness (QED) is 0.275. The van der Waals surface area contributed by atoms with Crippen LogP contribution in [0.4, 0.5) is 0 Å². The van der Waals surface area contributed by atoms with Crippen molar-refractivity contribution in [1.29, 1.82) is 5.26 Å². The standard InChI is InChI=1S/C19H30N4O6P.Rf/c1-12(2)23(13(3)4)30(27-10-6-8-20)29-17-14(5)18(28-15(17)11-24)22-9-7-16(25)21-19(22)26;/h7,9,12-15,17-18H,6,10-11H2,1-5H3,(H,21,25,26);/q-1;+1/t14-,15+,17?,18+,30?;/m0./s1. The molecule has 1 N–H and O–H groups in total. The van der Waals surface area contributed by atoms with Gasteiger partial charge in [-0.25, -0.2) is 0 Å². The van der Waals surface area contributed by atoms with Crippen LogP contribution >= 0.6 is 8.53 Å². The summed E-state index contributed by atoms with van der Waals surface area (Å²) in [5, 5.41) is 14.5. The molecular weight excluding hydrogens is 678 g/mol. The fourth-order valence-electron chi connectivity index (χ4n) is 3.64. The van der Waals surface area contributed by atoms with E-state index < -0.39 is 26.0 Å². The van der Waals surface area contributed by atoms with Gasteiger partial charge in [0.15, 0.2) is 0 Å². The molecule has 31 heavy (non-hydrogen) atoms. The van der Waals surface area contributed by atoms with E-state index in [1.165, 1.54) is 16.8 Å². The van der Waals surface area contributed by atoms with Crippen LogP contribution in [0, 0.1) is 17.2 Å². The molecule has 1 aromatic heterocycles. The average molecular weight is 708 g/mol. The fraction of sp³-hybridized carbons (Fsp3) is 0.737. The Morgan fingerprint density at radius 1 is 1.35 bits per heavy atom. The van der Waals surface area contributed by atoms with E-state index in [1.807, 2.05) is 6.92 Å². The molecule has 0 bridgehead atoms. The molecule has 2 unspecified atom stereocenters. The molecule has 0 saturated carbocycles. The second-order valence-electron chi connectivity index (χ2n) is 7.93. The molecular formula is C19H30N4O6PRf. The summed E-state index contributed by atoms with van der Waals surface area (Å²) in [6.45, 7) is 10.9. The second-order valence-corrected chi connectivity index (χ2v) is 11.2. The van der Waals surface area contributed by atoms with E-state index in [1.54, 1.807) is 0 Å². The van der Waals surface area contributed by atoms with Crippen molar-refractivity contribution in [3.63, 3.8) is 0 Å². The average Bonchev–Trinajstić information content (AvgIpc) is 2.97. The summed E-state index contributed by atoms with van der Waals surface area (Å²) in [5.74, 6) is -0.204. The summed E-state index contributed by atoms with van der Waals surface area (Å²) in [6, 6.07) is 3.73. The summed E-state index contributed by atoms with van der Waals surface area (Å²) < 4.78 is 22.3. The number of nitriles is 1. The maximum atomic E-state index is 12.3. The molecule has 0 radical (unpaired) electrons. The van der Waals surface area contributed by atoms with Crippen LogP contribution in [0.1, 0.15) is 47.3 Å². The van der Waals surface area contributed by atoms with Crippen LogP contribution in [0.2, 0.25) is 0 Å². The Labute approximate surface area is 177 Å². The predicted octanol–water partition coefficient (Wildman–Crippen LogP) is 2.21. The molecule has 169 valence electrons. The third kappa shape index (κ3) is 5.97. The molecule has 12 heteroatoms. The van der Waals surface area contributed by atoms with Crippen molar-refractivity contribution in [1.82, 2.24) is 14.2 Å². The van der Waals surface area contributed by atoms with Gasteiger partial charge in [-0.2, -0.15) is 0 Å².